The van der Waals surface area contributed by atoms with Crippen molar-refractivity contribution in [3.8, 4) is 11.3 Å². The van der Waals surface area contributed by atoms with E-state index < -0.39 is 0 Å². The van der Waals surface area contributed by atoms with E-state index in [-0.39, 0.29) is 0 Å². The number of aromatic nitrogens is 2. The van der Waals surface area contributed by atoms with Crippen molar-refractivity contribution in [1.82, 2.24) is 9.97 Å². The van der Waals surface area contributed by atoms with Gasteiger partial charge in [0.25, 0.3) is 0 Å². The van der Waals surface area contributed by atoms with Gasteiger partial charge in [0.2, 0.25) is 5.95 Å². The van der Waals surface area contributed by atoms with E-state index in [1.54, 1.807) is 0 Å². The van der Waals surface area contributed by atoms with Crippen molar-refractivity contribution in [3.63, 3.8) is 0 Å². The highest BCUT2D eigenvalue weighted by atomic mass is 15.2. The van der Waals surface area contributed by atoms with Crippen LogP contribution >= 0.6 is 0 Å². The molecule has 134 valence electrons. The predicted octanol–water partition coefficient (Wildman–Crippen LogP) is 4.99. The van der Waals surface area contributed by atoms with Crippen molar-refractivity contribution in [2.75, 3.05) is 17.3 Å². The van der Waals surface area contributed by atoms with Crippen LogP contribution in [0.2, 0.25) is 0 Å². The van der Waals surface area contributed by atoms with Crippen LogP contribution in [0.25, 0.3) is 11.3 Å². The minimum absolute atomic E-state index is 0.327. The summed E-state index contributed by atoms with van der Waals surface area (Å²) >= 11 is 0. The zero-order chi connectivity index (χ0) is 18.4. The van der Waals surface area contributed by atoms with E-state index in [0.29, 0.717) is 12.0 Å². The highest BCUT2D eigenvalue weighted by molar-refractivity contribution is 5.64. The summed E-state index contributed by atoms with van der Waals surface area (Å²) in [6, 6.07) is 23.1. The fourth-order valence-corrected chi connectivity index (χ4v) is 2.71. The van der Waals surface area contributed by atoms with Crippen LogP contribution in [-0.4, -0.2) is 23.1 Å². The number of nitrogens with zero attached hydrogens (tertiary/aromatic N) is 3. The van der Waals surface area contributed by atoms with Crippen molar-refractivity contribution >= 4 is 11.8 Å². The highest BCUT2D eigenvalue weighted by Crippen LogP contribution is 2.24. The number of benzene rings is 2. The van der Waals surface area contributed by atoms with Gasteiger partial charge in [-0.25, -0.2) is 4.98 Å². The summed E-state index contributed by atoms with van der Waals surface area (Å²) in [5, 5.41) is 3.41. The second kappa shape index (κ2) is 8.48. The van der Waals surface area contributed by atoms with Crippen molar-refractivity contribution < 1.29 is 0 Å². The van der Waals surface area contributed by atoms with Crippen LogP contribution in [-0.2, 0) is 6.54 Å². The Bertz CT molecular complexity index is 818. The average Bonchev–Trinajstić information content (AvgIpc) is 2.69. The summed E-state index contributed by atoms with van der Waals surface area (Å²) in [5.41, 5.74) is 3.28. The molecule has 4 nitrogen and oxygen atoms in total. The lowest BCUT2D eigenvalue weighted by Crippen LogP contribution is -2.21. The van der Waals surface area contributed by atoms with E-state index in [2.05, 4.69) is 73.6 Å². The summed E-state index contributed by atoms with van der Waals surface area (Å²) in [6.45, 7) is 5.10. The molecule has 0 saturated heterocycles. The number of rotatable bonds is 7. The van der Waals surface area contributed by atoms with E-state index in [1.807, 2.05) is 24.3 Å². The Morgan fingerprint density at radius 3 is 2.27 bits per heavy atom. The van der Waals surface area contributed by atoms with E-state index >= 15 is 0 Å². The first-order chi connectivity index (χ1) is 12.7. The maximum atomic E-state index is 4.75. The Labute approximate surface area is 155 Å². The molecule has 0 radical (unpaired) electrons. The summed E-state index contributed by atoms with van der Waals surface area (Å²) in [4.78, 5) is 11.6. The smallest absolute Gasteiger partial charge is 0.225 e. The highest BCUT2D eigenvalue weighted by Gasteiger charge is 2.12. The van der Waals surface area contributed by atoms with E-state index in [0.717, 1.165) is 30.0 Å². The molecule has 1 unspecified atom stereocenters. The molecule has 1 aromatic heterocycles. The molecule has 3 rings (SSSR count). The third kappa shape index (κ3) is 4.60. The van der Waals surface area contributed by atoms with Crippen molar-refractivity contribution in [2.24, 2.45) is 0 Å². The van der Waals surface area contributed by atoms with Gasteiger partial charge >= 0.3 is 0 Å². The van der Waals surface area contributed by atoms with Crippen molar-refractivity contribution in [1.29, 1.82) is 0 Å². The third-order valence-electron chi connectivity index (χ3n) is 4.42. The van der Waals surface area contributed by atoms with E-state index in [1.165, 1.54) is 5.56 Å². The summed E-state index contributed by atoms with van der Waals surface area (Å²) in [5.74, 6) is 1.59. The van der Waals surface area contributed by atoms with Gasteiger partial charge < -0.3 is 10.2 Å². The zero-order valence-corrected chi connectivity index (χ0v) is 15.7. The first-order valence-corrected chi connectivity index (χ1v) is 9.12. The van der Waals surface area contributed by atoms with Crippen LogP contribution in [0.3, 0.4) is 0 Å². The molecule has 0 aliphatic rings. The van der Waals surface area contributed by atoms with Gasteiger partial charge in [-0.1, -0.05) is 67.6 Å². The van der Waals surface area contributed by atoms with Crippen LogP contribution in [0.5, 0.6) is 0 Å². The number of anilines is 2. The molecule has 0 aliphatic heterocycles. The molecule has 2 aromatic carbocycles. The molecule has 0 saturated carbocycles. The summed E-state index contributed by atoms with van der Waals surface area (Å²) in [6.07, 6.45) is 1.02. The van der Waals surface area contributed by atoms with Gasteiger partial charge in [-0.05, 0) is 18.9 Å². The molecular formula is C22H26N4. The maximum absolute atomic E-state index is 4.75. The fourth-order valence-electron chi connectivity index (χ4n) is 2.71. The lowest BCUT2D eigenvalue weighted by atomic mass is 10.1. The average molecular weight is 346 g/mol. The molecule has 0 bridgehead atoms. The van der Waals surface area contributed by atoms with Crippen molar-refractivity contribution in [2.45, 2.75) is 32.9 Å². The second-order valence-corrected chi connectivity index (χ2v) is 6.60. The molecule has 1 N–H and O–H groups in total. The fraction of sp³-hybridized carbons (Fsp3) is 0.273. The number of hydrogen-bond acceptors (Lipinski definition) is 4. The first kappa shape index (κ1) is 17.9. The molecule has 1 heterocycles. The van der Waals surface area contributed by atoms with E-state index in [9.17, 15) is 0 Å². The topological polar surface area (TPSA) is 41.1 Å². The minimum atomic E-state index is 0.327. The van der Waals surface area contributed by atoms with Gasteiger partial charge in [0, 0.05) is 31.3 Å². The Morgan fingerprint density at radius 2 is 1.62 bits per heavy atom. The molecule has 0 fully saturated rings. The molecule has 0 aliphatic carbocycles. The lowest BCUT2D eigenvalue weighted by Gasteiger charge is -2.21. The standard InChI is InChI=1S/C22H26N4/c1-4-17(2)23-22-24-20(19-13-9-6-10-14-19)15-21(25-22)26(3)16-18-11-7-5-8-12-18/h5-15,17H,4,16H2,1-3H3,(H,23,24,25). The van der Waals surface area contributed by atoms with Gasteiger partial charge in [-0.15, -0.1) is 0 Å². The largest absolute Gasteiger partial charge is 0.355 e. The molecule has 0 spiro atoms. The van der Waals surface area contributed by atoms with Gasteiger partial charge in [0.15, 0.2) is 0 Å². The second-order valence-electron chi connectivity index (χ2n) is 6.60. The molecule has 3 aromatic rings. The van der Waals surface area contributed by atoms with Crippen LogP contribution in [0, 0.1) is 0 Å². The number of nitrogens with one attached hydrogen (secondary N) is 1. The Balaban J connectivity index is 1.93. The van der Waals surface area contributed by atoms with E-state index in [4.69, 9.17) is 9.97 Å². The molecule has 1 atom stereocenters. The third-order valence-corrected chi connectivity index (χ3v) is 4.42. The maximum Gasteiger partial charge on any atom is 0.225 e. The van der Waals surface area contributed by atoms with Crippen LogP contribution in [0.15, 0.2) is 66.7 Å². The van der Waals surface area contributed by atoms with Crippen molar-refractivity contribution in [3.05, 3.63) is 72.3 Å². The van der Waals surface area contributed by atoms with Gasteiger partial charge in [0.05, 0.1) is 5.69 Å². The minimum Gasteiger partial charge on any atom is -0.355 e. The molecule has 4 heteroatoms. The molecular weight excluding hydrogens is 320 g/mol. The molecule has 0 amide bonds. The van der Waals surface area contributed by atoms with Crippen LogP contribution in [0.4, 0.5) is 11.8 Å². The van der Waals surface area contributed by atoms with Crippen LogP contribution in [0.1, 0.15) is 25.8 Å². The number of hydrogen-bond donors (Lipinski definition) is 1. The molecule has 26 heavy (non-hydrogen) atoms. The normalized spacial score (nSPS) is 11.8. The van der Waals surface area contributed by atoms with Gasteiger partial charge in [-0.2, -0.15) is 4.98 Å². The quantitative estimate of drug-likeness (QED) is 0.654. The lowest BCUT2D eigenvalue weighted by molar-refractivity contribution is 0.751. The monoisotopic (exact) mass is 346 g/mol. The van der Waals surface area contributed by atoms with Gasteiger partial charge in [0.1, 0.15) is 5.82 Å². The van der Waals surface area contributed by atoms with Crippen LogP contribution < -0.4 is 10.2 Å². The first-order valence-electron chi connectivity index (χ1n) is 9.12. The summed E-state index contributed by atoms with van der Waals surface area (Å²) in [7, 11) is 2.07. The SMILES string of the molecule is CCC(C)Nc1nc(-c2ccccc2)cc(N(C)Cc2ccccc2)n1. The summed E-state index contributed by atoms with van der Waals surface area (Å²) < 4.78 is 0. The Kier molecular flexibility index (Phi) is 5.84. The Morgan fingerprint density at radius 1 is 0.962 bits per heavy atom. The Hall–Kier alpha value is -2.88. The predicted molar refractivity (Wildman–Crippen MR) is 109 cm³/mol. The van der Waals surface area contributed by atoms with Gasteiger partial charge in [-0.3, -0.25) is 0 Å². The zero-order valence-electron chi connectivity index (χ0n) is 15.7.